The van der Waals surface area contributed by atoms with E-state index < -0.39 is 0 Å². The van der Waals surface area contributed by atoms with Crippen molar-refractivity contribution in [1.29, 1.82) is 0 Å². The van der Waals surface area contributed by atoms with Gasteiger partial charge in [0, 0.05) is 15.5 Å². The zero-order valence-electron chi connectivity index (χ0n) is 6.65. The number of hydrogen-bond acceptors (Lipinski definition) is 3. The van der Waals surface area contributed by atoms with E-state index in [9.17, 15) is 9.90 Å². The predicted molar refractivity (Wildman–Crippen MR) is 53.2 cm³/mol. The molecule has 0 spiro atoms. The third kappa shape index (κ3) is 1.36. The first kappa shape index (κ1) is 8.07. The first-order valence-corrected chi connectivity index (χ1v) is 4.59. The van der Waals surface area contributed by atoms with Gasteiger partial charge in [0.05, 0.1) is 5.69 Å². The van der Waals surface area contributed by atoms with Gasteiger partial charge in [0.25, 0.3) is 0 Å². The molecule has 2 rings (SSSR count). The largest absolute Gasteiger partial charge is 0.508 e. The Bertz CT molecular complexity index is 450. The van der Waals surface area contributed by atoms with Crippen LogP contribution in [-0.4, -0.2) is 11.5 Å². The van der Waals surface area contributed by atoms with Gasteiger partial charge in [0.2, 0.25) is 6.41 Å². The molecular weight excluding hydrogens is 186 g/mol. The molecule has 0 radical (unpaired) electrons. The lowest BCUT2D eigenvalue weighted by molar-refractivity contribution is -0.105. The summed E-state index contributed by atoms with van der Waals surface area (Å²) in [5, 5.41) is 14.5. The highest BCUT2D eigenvalue weighted by Crippen LogP contribution is 2.32. The van der Waals surface area contributed by atoms with Crippen LogP contribution in [0.5, 0.6) is 5.75 Å². The number of phenols is 1. The first-order chi connectivity index (χ1) is 6.31. The fourth-order valence-electron chi connectivity index (χ4n) is 1.19. The van der Waals surface area contributed by atoms with E-state index in [0.29, 0.717) is 6.41 Å². The minimum atomic E-state index is 0.208. The number of nitrogens with one attached hydrogen (secondary N) is 1. The Morgan fingerprint density at radius 1 is 1.46 bits per heavy atom. The molecule has 0 bridgehead atoms. The lowest BCUT2D eigenvalue weighted by Crippen LogP contribution is -1.91. The van der Waals surface area contributed by atoms with E-state index in [4.69, 9.17) is 0 Å². The average Bonchev–Trinajstić information content (AvgIpc) is 2.49. The number of benzene rings is 1. The second-order valence-electron chi connectivity index (χ2n) is 2.59. The van der Waals surface area contributed by atoms with Gasteiger partial charge in [-0.1, -0.05) is 0 Å². The number of amides is 1. The summed E-state index contributed by atoms with van der Waals surface area (Å²) < 4.78 is 1.04. The summed E-state index contributed by atoms with van der Waals surface area (Å²) in [6.45, 7) is 0. The van der Waals surface area contributed by atoms with Gasteiger partial charge in [-0.05, 0) is 18.2 Å². The Hall–Kier alpha value is -1.55. The van der Waals surface area contributed by atoms with Gasteiger partial charge in [-0.2, -0.15) is 0 Å². The fraction of sp³-hybridized carbons (Fsp3) is 0. The Balaban J connectivity index is 2.64. The van der Waals surface area contributed by atoms with Crippen LogP contribution in [0.25, 0.3) is 10.1 Å². The highest BCUT2D eigenvalue weighted by Gasteiger charge is 2.03. The van der Waals surface area contributed by atoms with Crippen molar-refractivity contribution in [3.8, 4) is 5.75 Å². The Labute approximate surface area is 78.6 Å². The van der Waals surface area contributed by atoms with Crippen molar-refractivity contribution in [3.63, 3.8) is 0 Å². The highest BCUT2D eigenvalue weighted by molar-refractivity contribution is 7.17. The minimum Gasteiger partial charge on any atom is -0.508 e. The van der Waals surface area contributed by atoms with E-state index in [1.54, 1.807) is 12.1 Å². The summed E-state index contributed by atoms with van der Waals surface area (Å²) in [6.07, 6.45) is 0.630. The lowest BCUT2D eigenvalue weighted by Gasteiger charge is -1.96. The second-order valence-corrected chi connectivity index (χ2v) is 3.50. The summed E-state index contributed by atoms with van der Waals surface area (Å²) in [5.41, 5.74) is 0.742. The van der Waals surface area contributed by atoms with Crippen LogP contribution in [0, 0.1) is 0 Å². The quantitative estimate of drug-likeness (QED) is 0.718. The third-order valence-corrected chi connectivity index (χ3v) is 2.73. The molecule has 0 fully saturated rings. The lowest BCUT2D eigenvalue weighted by atomic mass is 10.2. The molecule has 4 heteroatoms. The number of anilines is 1. The van der Waals surface area contributed by atoms with Gasteiger partial charge >= 0.3 is 0 Å². The van der Waals surface area contributed by atoms with Crippen molar-refractivity contribution in [2.24, 2.45) is 0 Å². The molecule has 0 saturated heterocycles. The maximum absolute atomic E-state index is 10.2. The fourth-order valence-corrected chi connectivity index (χ4v) is 2.07. The molecule has 2 N–H and O–H groups in total. The minimum absolute atomic E-state index is 0.208. The molecule has 1 heterocycles. The highest BCUT2D eigenvalue weighted by atomic mass is 32.1. The van der Waals surface area contributed by atoms with Gasteiger partial charge in [0.1, 0.15) is 5.75 Å². The molecule has 2 aromatic rings. The average molecular weight is 193 g/mol. The summed E-state index contributed by atoms with van der Waals surface area (Å²) in [5.74, 6) is 0.208. The molecule has 0 aliphatic rings. The number of rotatable bonds is 2. The van der Waals surface area contributed by atoms with Crippen molar-refractivity contribution in [2.75, 3.05) is 5.32 Å². The van der Waals surface area contributed by atoms with Crippen molar-refractivity contribution in [1.82, 2.24) is 0 Å². The van der Waals surface area contributed by atoms with E-state index in [2.05, 4.69) is 5.32 Å². The van der Waals surface area contributed by atoms with Gasteiger partial charge in [-0.3, -0.25) is 4.79 Å². The molecular formula is C9H7NO2S. The third-order valence-electron chi connectivity index (χ3n) is 1.77. The Morgan fingerprint density at radius 2 is 2.31 bits per heavy atom. The van der Waals surface area contributed by atoms with Crippen LogP contribution in [-0.2, 0) is 4.79 Å². The van der Waals surface area contributed by atoms with Crippen LogP contribution >= 0.6 is 11.3 Å². The zero-order chi connectivity index (χ0) is 9.26. The molecule has 0 aliphatic carbocycles. The molecule has 0 atom stereocenters. The number of aromatic hydroxyl groups is 1. The Morgan fingerprint density at radius 3 is 3.08 bits per heavy atom. The predicted octanol–water partition coefficient (Wildman–Crippen LogP) is 2.18. The SMILES string of the molecule is O=CNc1csc2ccc(O)cc12. The van der Waals surface area contributed by atoms with E-state index in [0.717, 1.165) is 15.8 Å². The van der Waals surface area contributed by atoms with E-state index in [-0.39, 0.29) is 5.75 Å². The van der Waals surface area contributed by atoms with Crippen LogP contribution in [0.15, 0.2) is 23.6 Å². The van der Waals surface area contributed by atoms with Crippen molar-refractivity contribution in [3.05, 3.63) is 23.6 Å². The summed E-state index contributed by atoms with van der Waals surface area (Å²) >= 11 is 1.53. The molecule has 1 aromatic carbocycles. The van der Waals surface area contributed by atoms with Gasteiger partial charge in [-0.25, -0.2) is 0 Å². The molecule has 3 nitrogen and oxygen atoms in total. The molecule has 0 saturated carbocycles. The monoisotopic (exact) mass is 193 g/mol. The maximum atomic E-state index is 10.2. The van der Waals surface area contributed by atoms with Crippen LogP contribution in [0.1, 0.15) is 0 Å². The maximum Gasteiger partial charge on any atom is 0.211 e. The molecule has 0 unspecified atom stereocenters. The summed E-state index contributed by atoms with van der Waals surface area (Å²) in [4.78, 5) is 10.2. The Kier molecular flexibility index (Phi) is 1.90. The zero-order valence-corrected chi connectivity index (χ0v) is 7.47. The number of phenolic OH excluding ortho intramolecular Hbond substituents is 1. The van der Waals surface area contributed by atoms with Crippen molar-refractivity contribution < 1.29 is 9.90 Å². The summed E-state index contributed by atoms with van der Waals surface area (Å²) in [7, 11) is 0. The molecule has 13 heavy (non-hydrogen) atoms. The smallest absolute Gasteiger partial charge is 0.211 e. The number of carbonyl (C=O) groups excluding carboxylic acids is 1. The normalized spacial score (nSPS) is 10.2. The number of hydrogen-bond donors (Lipinski definition) is 2. The molecule has 1 amide bonds. The molecule has 0 aliphatic heterocycles. The molecule has 66 valence electrons. The van der Waals surface area contributed by atoms with E-state index >= 15 is 0 Å². The number of carbonyl (C=O) groups is 1. The van der Waals surface area contributed by atoms with Gasteiger partial charge in [0.15, 0.2) is 0 Å². The summed E-state index contributed by atoms with van der Waals surface area (Å²) in [6, 6.07) is 5.09. The van der Waals surface area contributed by atoms with Crippen LogP contribution < -0.4 is 5.32 Å². The van der Waals surface area contributed by atoms with Crippen LogP contribution in [0.3, 0.4) is 0 Å². The second kappa shape index (κ2) is 3.06. The first-order valence-electron chi connectivity index (χ1n) is 3.71. The number of fused-ring (bicyclic) bond motifs is 1. The van der Waals surface area contributed by atoms with Gasteiger partial charge in [-0.15, -0.1) is 11.3 Å². The van der Waals surface area contributed by atoms with Crippen LogP contribution in [0.4, 0.5) is 5.69 Å². The van der Waals surface area contributed by atoms with Gasteiger partial charge < -0.3 is 10.4 Å². The van der Waals surface area contributed by atoms with Crippen molar-refractivity contribution in [2.45, 2.75) is 0 Å². The van der Waals surface area contributed by atoms with Crippen molar-refractivity contribution >= 4 is 33.5 Å². The van der Waals surface area contributed by atoms with E-state index in [1.165, 1.54) is 11.3 Å². The molecule has 1 aromatic heterocycles. The van der Waals surface area contributed by atoms with Crippen LogP contribution in [0.2, 0.25) is 0 Å². The topological polar surface area (TPSA) is 49.3 Å². The standard InChI is InChI=1S/C9H7NO2S/c11-5-10-8-4-13-9-2-1-6(12)3-7(8)9/h1-5,12H,(H,10,11). The number of thiophene rings is 1. The van der Waals surface area contributed by atoms with E-state index in [1.807, 2.05) is 11.4 Å².